The van der Waals surface area contributed by atoms with Crippen LogP contribution in [0.3, 0.4) is 0 Å². The van der Waals surface area contributed by atoms with Crippen molar-refractivity contribution in [2.45, 2.75) is 25.0 Å². The number of likely N-dealkylation sites (tertiary alicyclic amines) is 1. The molecule has 0 unspecified atom stereocenters. The molecule has 5 heteroatoms. The third kappa shape index (κ3) is 3.28. The molecule has 2 aromatic carbocycles. The summed E-state index contributed by atoms with van der Waals surface area (Å²) in [5.41, 5.74) is 0.651. The molecular weight excluding hydrogens is 326 g/mol. The first kappa shape index (κ1) is 16.9. The molecule has 0 atom stereocenters. The molecule has 1 aliphatic heterocycles. The lowest BCUT2D eigenvalue weighted by atomic mass is 9.91. The van der Waals surface area contributed by atoms with Crippen molar-refractivity contribution in [2.75, 3.05) is 20.1 Å². The Bertz CT molecular complexity index is 982. The lowest BCUT2D eigenvalue weighted by Gasteiger charge is -2.36. The Morgan fingerprint density at radius 1 is 1.12 bits per heavy atom. The number of benzene rings is 2. The third-order valence-electron chi connectivity index (χ3n) is 5.33. The van der Waals surface area contributed by atoms with Crippen LogP contribution in [0.25, 0.3) is 22.0 Å². The molecule has 3 aromatic rings. The van der Waals surface area contributed by atoms with Crippen molar-refractivity contribution < 1.29 is 5.11 Å². The van der Waals surface area contributed by atoms with Crippen LogP contribution in [0.5, 0.6) is 0 Å². The normalized spacial score (nSPS) is 17.5. The van der Waals surface area contributed by atoms with Crippen LogP contribution in [-0.2, 0) is 6.54 Å². The number of nitrogens with zero attached hydrogens (tertiary/aromatic N) is 3. The van der Waals surface area contributed by atoms with Gasteiger partial charge in [0.1, 0.15) is 0 Å². The Kier molecular flexibility index (Phi) is 4.34. The van der Waals surface area contributed by atoms with Gasteiger partial charge in [-0.05, 0) is 30.7 Å². The van der Waals surface area contributed by atoms with Crippen LogP contribution in [0.4, 0.5) is 0 Å². The van der Waals surface area contributed by atoms with Gasteiger partial charge in [0.25, 0.3) is 5.56 Å². The summed E-state index contributed by atoms with van der Waals surface area (Å²) in [5, 5.41) is 13.0. The number of hydrogen-bond acceptors (Lipinski definition) is 4. The summed E-state index contributed by atoms with van der Waals surface area (Å²) in [4.78, 5) is 19.3. The number of rotatable bonds is 3. The van der Waals surface area contributed by atoms with E-state index in [4.69, 9.17) is 0 Å². The molecule has 0 bridgehead atoms. The molecule has 0 aliphatic carbocycles. The Balaban J connectivity index is 1.65. The van der Waals surface area contributed by atoms with Crippen LogP contribution in [0.2, 0.25) is 0 Å². The van der Waals surface area contributed by atoms with Crippen molar-refractivity contribution in [3.63, 3.8) is 0 Å². The second-order valence-corrected chi connectivity index (χ2v) is 7.29. The summed E-state index contributed by atoms with van der Waals surface area (Å²) in [6.07, 6.45) is 2.90. The zero-order valence-corrected chi connectivity index (χ0v) is 14.9. The molecule has 0 saturated carbocycles. The van der Waals surface area contributed by atoms with E-state index in [0.29, 0.717) is 25.1 Å². The standard InChI is InChI=1S/C21H23N3O2/c1-23-11-9-21(26,10-12-23)14-24-15-22-19(13-20(24)25)18-8-4-6-16-5-2-3-7-17(16)18/h2-8,13,15,26H,9-12,14H2,1H3. The van der Waals surface area contributed by atoms with Crippen molar-refractivity contribution >= 4 is 10.8 Å². The third-order valence-corrected chi connectivity index (χ3v) is 5.33. The summed E-state index contributed by atoms with van der Waals surface area (Å²) in [7, 11) is 2.05. The van der Waals surface area contributed by atoms with E-state index in [9.17, 15) is 9.90 Å². The fourth-order valence-electron chi connectivity index (χ4n) is 3.65. The summed E-state index contributed by atoms with van der Waals surface area (Å²) in [6, 6.07) is 15.7. The van der Waals surface area contributed by atoms with Crippen molar-refractivity contribution in [3.05, 3.63) is 65.2 Å². The monoisotopic (exact) mass is 349 g/mol. The highest BCUT2D eigenvalue weighted by molar-refractivity contribution is 5.95. The van der Waals surface area contributed by atoms with E-state index < -0.39 is 5.60 Å². The molecule has 26 heavy (non-hydrogen) atoms. The Morgan fingerprint density at radius 2 is 1.85 bits per heavy atom. The fourth-order valence-corrected chi connectivity index (χ4v) is 3.65. The van der Waals surface area contributed by atoms with E-state index in [0.717, 1.165) is 29.4 Å². The first-order valence-corrected chi connectivity index (χ1v) is 9.00. The zero-order valence-electron chi connectivity index (χ0n) is 14.9. The second kappa shape index (κ2) is 6.67. The molecule has 1 fully saturated rings. The smallest absolute Gasteiger partial charge is 0.253 e. The minimum Gasteiger partial charge on any atom is -0.388 e. The van der Waals surface area contributed by atoms with E-state index in [1.165, 1.54) is 4.57 Å². The maximum atomic E-state index is 12.6. The Morgan fingerprint density at radius 3 is 2.62 bits per heavy atom. The number of fused-ring (bicyclic) bond motifs is 1. The van der Waals surface area contributed by atoms with E-state index in [1.54, 1.807) is 12.4 Å². The first-order chi connectivity index (χ1) is 12.5. The van der Waals surface area contributed by atoms with Gasteiger partial charge < -0.3 is 10.0 Å². The van der Waals surface area contributed by atoms with Gasteiger partial charge in [-0.1, -0.05) is 42.5 Å². The topological polar surface area (TPSA) is 58.4 Å². The number of aromatic nitrogens is 2. The van der Waals surface area contributed by atoms with Gasteiger partial charge in [0.05, 0.1) is 24.2 Å². The van der Waals surface area contributed by atoms with Crippen LogP contribution in [0.15, 0.2) is 59.7 Å². The molecule has 1 aromatic heterocycles. The minimum absolute atomic E-state index is 0.129. The first-order valence-electron chi connectivity index (χ1n) is 9.00. The summed E-state index contributed by atoms with van der Waals surface area (Å²) >= 11 is 0. The molecule has 2 heterocycles. The van der Waals surface area contributed by atoms with E-state index in [-0.39, 0.29) is 5.56 Å². The maximum absolute atomic E-state index is 12.6. The average Bonchev–Trinajstić information content (AvgIpc) is 2.66. The van der Waals surface area contributed by atoms with Crippen LogP contribution >= 0.6 is 0 Å². The van der Waals surface area contributed by atoms with Crippen molar-refractivity contribution in [3.8, 4) is 11.3 Å². The summed E-state index contributed by atoms with van der Waals surface area (Å²) in [6.45, 7) is 1.97. The largest absolute Gasteiger partial charge is 0.388 e. The quantitative estimate of drug-likeness (QED) is 0.789. The van der Waals surface area contributed by atoms with Crippen LogP contribution < -0.4 is 5.56 Å². The average molecular weight is 349 g/mol. The molecule has 1 saturated heterocycles. The predicted octanol–water partition coefficient (Wildman–Crippen LogP) is 2.52. The van der Waals surface area contributed by atoms with Gasteiger partial charge in [-0.15, -0.1) is 0 Å². The van der Waals surface area contributed by atoms with Gasteiger partial charge in [0, 0.05) is 24.7 Å². The Hall–Kier alpha value is -2.50. The van der Waals surface area contributed by atoms with Crippen LogP contribution in [0, 0.1) is 0 Å². The molecule has 0 radical (unpaired) electrons. The van der Waals surface area contributed by atoms with Crippen molar-refractivity contribution in [2.24, 2.45) is 0 Å². The van der Waals surface area contributed by atoms with Crippen LogP contribution in [-0.4, -0.2) is 45.3 Å². The highest BCUT2D eigenvalue weighted by atomic mass is 16.3. The molecule has 5 nitrogen and oxygen atoms in total. The molecule has 0 amide bonds. The van der Waals surface area contributed by atoms with E-state index >= 15 is 0 Å². The van der Waals surface area contributed by atoms with Gasteiger partial charge in [0.2, 0.25) is 0 Å². The van der Waals surface area contributed by atoms with Crippen molar-refractivity contribution in [1.29, 1.82) is 0 Å². The van der Waals surface area contributed by atoms with Gasteiger partial charge in [-0.25, -0.2) is 4.98 Å². The summed E-state index contributed by atoms with van der Waals surface area (Å²) in [5.74, 6) is 0. The van der Waals surface area contributed by atoms with Crippen LogP contribution in [0.1, 0.15) is 12.8 Å². The Labute approximate surface area is 152 Å². The summed E-state index contributed by atoms with van der Waals surface area (Å²) < 4.78 is 1.53. The second-order valence-electron chi connectivity index (χ2n) is 7.29. The highest BCUT2D eigenvalue weighted by Gasteiger charge is 2.31. The molecule has 0 spiro atoms. The minimum atomic E-state index is -0.834. The fraction of sp³-hybridized carbons (Fsp3) is 0.333. The predicted molar refractivity (Wildman–Crippen MR) is 103 cm³/mol. The SMILES string of the molecule is CN1CCC(O)(Cn2cnc(-c3cccc4ccccc34)cc2=O)CC1. The molecular formula is C21H23N3O2. The van der Waals surface area contributed by atoms with E-state index in [2.05, 4.69) is 22.0 Å². The molecule has 4 rings (SSSR count). The molecule has 1 N–H and O–H groups in total. The lowest BCUT2D eigenvalue weighted by molar-refractivity contribution is -0.0299. The number of hydrogen-bond donors (Lipinski definition) is 1. The maximum Gasteiger partial charge on any atom is 0.253 e. The van der Waals surface area contributed by atoms with Gasteiger partial charge in [-0.3, -0.25) is 9.36 Å². The van der Waals surface area contributed by atoms with E-state index in [1.807, 2.05) is 37.4 Å². The van der Waals surface area contributed by atoms with Gasteiger partial charge in [-0.2, -0.15) is 0 Å². The highest BCUT2D eigenvalue weighted by Crippen LogP contribution is 2.27. The molecule has 134 valence electrons. The van der Waals surface area contributed by atoms with Crippen molar-refractivity contribution in [1.82, 2.24) is 14.5 Å². The van der Waals surface area contributed by atoms with Gasteiger partial charge in [0.15, 0.2) is 0 Å². The zero-order chi connectivity index (χ0) is 18.1. The molecule has 1 aliphatic rings. The lowest BCUT2D eigenvalue weighted by Crippen LogP contribution is -2.46. The number of aliphatic hydroxyl groups is 1. The number of piperidine rings is 1. The van der Waals surface area contributed by atoms with Gasteiger partial charge >= 0.3 is 0 Å².